The fourth-order valence-corrected chi connectivity index (χ4v) is 3.33. The van der Waals surface area contributed by atoms with Gasteiger partial charge in [0.2, 0.25) is 5.91 Å². The molecule has 1 amide bonds. The van der Waals surface area contributed by atoms with E-state index in [1.54, 1.807) is 0 Å². The highest BCUT2D eigenvalue weighted by molar-refractivity contribution is 5.78. The van der Waals surface area contributed by atoms with Gasteiger partial charge in [-0.1, -0.05) is 6.07 Å². The second kappa shape index (κ2) is 7.94. The molecule has 6 heteroatoms. The number of amides is 1. The van der Waals surface area contributed by atoms with Crippen LogP contribution in [0.25, 0.3) is 0 Å². The SMILES string of the molecule is CN(C)c1cccc(C2CN(CC(=O)N3CCCCC3)CCO2)n1. The number of rotatable bonds is 4. The van der Waals surface area contributed by atoms with E-state index in [0.717, 1.165) is 50.5 Å². The van der Waals surface area contributed by atoms with Crippen LogP contribution < -0.4 is 4.90 Å². The minimum atomic E-state index is -0.0622. The molecule has 1 aromatic rings. The van der Waals surface area contributed by atoms with Crippen molar-refractivity contribution < 1.29 is 9.53 Å². The molecule has 2 aliphatic heterocycles. The molecule has 1 unspecified atom stereocenters. The van der Waals surface area contributed by atoms with Crippen LogP contribution in [0.2, 0.25) is 0 Å². The molecule has 3 rings (SSSR count). The number of carbonyl (C=O) groups is 1. The Bertz CT molecular complexity index is 558. The van der Waals surface area contributed by atoms with Crippen molar-refractivity contribution in [3.63, 3.8) is 0 Å². The Morgan fingerprint density at radius 2 is 2.04 bits per heavy atom. The van der Waals surface area contributed by atoms with Crippen LogP contribution >= 0.6 is 0 Å². The van der Waals surface area contributed by atoms with Gasteiger partial charge in [-0.05, 0) is 31.4 Å². The van der Waals surface area contributed by atoms with Gasteiger partial charge in [-0.2, -0.15) is 0 Å². The molecule has 6 nitrogen and oxygen atoms in total. The summed E-state index contributed by atoms with van der Waals surface area (Å²) in [5.74, 6) is 1.18. The minimum absolute atomic E-state index is 0.0622. The minimum Gasteiger partial charge on any atom is -0.369 e. The van der Waals surface area contributed by atoms with Gasteiger partial charge in [0.1, 0.15) is 11.9 Å². The second-order valence-electron chi connectivity index (χ2n) is 6.85. The summed E-state index contributed by atoms with van der Waals surface area (Å²) in [7, 11) is 3.97. The second-order valence-corrected chi connectivity index (χ2v) is 6.85. The molecule has 24 heavy (non-hydrogen) atoms. The molecule has 0 bridgehead atoms. The summed E-state index contributed by atoms with van der Waals surface area (Å²) < 4.78 is 5.91. The number of anilines is 1. The lowest BCUT2D eigenvalue weighted by Gasteiger charge is -2.34. The number of piperidine rings is 1. The van der Waals surface area contributed by atoms with Crippen molar-refractivity contribution in [2.45, 2.75) is 25.4 Å². The van der Waals surface area contributed by atoms with Gasteiger partial charge >= 0.3 is 0 Å². The largest absolute Gasteiger partial charge is 0.369 e. The Labute approximate surface area is 144 Å². The van der Waals surface area contributed by atoms with Crippen LogP contribution in [0.4, 0.5) is 5.82 Å². The maximum Gasteiger partial charge on any atom is 0.236 e. The first-order valence-corrected chi connectivity index (χ1v) is 8.89. The number of pyridine rings is 1. The maximum absolute atomic E-state index is 12.5. The summed E-state index contributed by atoms with van der Waals surface area (Å²) in [6.07, 6.45) is 3.46. The van der Waals surface area contributed by atoms with E-state index in [2.05, 4.69) is 9.88 Å². The van der Waals surface area contributed by atoms with E-state index >= 15 is 0 Å². The van der Waals surface area contributed by atoms with E-state index in [4.69, 9.17) is 4.74 Å². The van der Waals surface area contributed by atoms with Gasteiger partial charge < -0.3 is 14.5 Å². The number of aromatic nitrogens is 1. The van der Waals surface area contributed by atoms with Crippen molar-refractivity contribution in [1.29, 1.82) is 0 Å². The molecule has 0 N–H and O–H groups in total. The van der Waals surface area contributed by atoms with Crippen molar-refractivity contribution in [2.24, 2.45) is 0 Å². The van der Waals surface area contributed by atoms with Gasteiger partial charge in [0, 0.05) is 40.3 Å². The molecule has 0 spiro atoms. The van der Waals surface area contributed by atoms with E-state index in [0.29, 0.717) is 13.2 Å². The van der Waals surface area contributed by atoms with E-state index in [9.17, 15) is 4.79 Å². The number of hydrogen-bond donors (Lipinski definition) is 0. The summed E-state index contributed by atoms with van der Waals surface area (Å²) in [5, 5.41) is 0. The van der Waals surface area contributed by atoms with Crippen LogP contribution in [0.3, 0.4) is 0 Å². The molecule has 2 aliphatic rings. The zero-order chi connectivity index (χ0) is 16.9. The highest BCUT2D eigenvalue weighted by atomic mass is 16.5. The van der Waals surface area contributed by atoms with Crippen LogP contribution in [0.15, 0.2) is 18.2 Å². The predicted octanol–water partition coefficient (Wildman–Crippen LogP) is 1.53. The first-order chi connectivity index (χ1) is 11.6. The van der Waals surface area contributed by atoms with Crippen molar-refractivity contribution in [1.82, 2.24) is 14.8 Å². The van der Waals surface area contributed by atoms with Crippen molar-refractivity contribution >= 4 is 11.7 Å². The van der Waals surface area contributed by atoms with Gasteiger partial charge in [-0.3, -0.25) is 9.69 Å². The lowest BCUT2D eigenvalue weighted by molar-refractivity contribution is -0.135. The highest BCUT2D eigenvalue weighted by Gasteiger charge is 2.26. The van der Waals surface area contributed by atoms with Gasteiger partial charge in [0.05, 0.1) is 18.8 Å². The average molecular weight is 332 g/mol. The summed E-state index contributed by atoms with van der Waals surface area (Å²) in [4.78, 5) is 23.4. The maximum atomic E-state index is 12.5. The summed E-state index contributed by atoms with van der Waals surface area (Å²) in [6.45, 7) is 4.50. The third-order valence-corrected chi connectivity index (χ3v) is 4.76. The number of nitrogens with zero attached hydrogens (tertiary/aromatic N) is 4. The molecule has 1 aromatic heterocycles. The van der Waals surface area contributed by atoms with Gasteiger partial charge in [0.15, 0.2) is 0 Å². The Morgan fingerprint density at radius 3 is 2.79 bits per heavy atom. The smallest absolute Gasteiger partial charge is 0.236 e. The van der Waals surface area contributed by atoms with Crippen LogP contribution in [0.5, 0.6) is 0 Å². The van der Waals surface area contributed by atoms with E-state index < -0.39 is 0 Å². The Morgan fingerprint density at radius 1 is 1.25 bits per heavy atom. The third kappa shape index (κ3) is 4.24. The molecule has 0 aromatic carbocycles. The fraction of sp³-hybridized carbons (Fsp3) is 0.667. The first-order valence-electron chi connectivity index (χ1n) is 8.89. The zero-order valence-corrected chi connectivity index (χ0v) is 14.8. The summed E-state index contributed by atoms with van der Waals surface area (Å²) in [6, 6.07) is 6.01. The Kier molecular flexibility index (Phi) is 5.68. The summed E-state index contributed by atoms with van der Waals surface area (Å²) in [5.41, 5.74) is 0.941. The number of ether oxygens (including phenoxy) is 1. The van der Waals surface area contributed by atoms with E-state index in [-0.39, 0.29) is 12.0 Å². The number of morpholine rings is 1. The fourth-order valence-electron chi connectivity index (χ4n) is 3.33. The quantitative estimate of drug-likeness (QED) is 0.837. The van der Waals surface area contributed by atoms with Crippen LogP contribution in [0, 0.1) is 0 Å². The van der Waals surface area contributed by atoms with E-state index in [1.165, 1.54) is 6.42 Å². The van der Waals surface area contributed by atoms with Crippen molar-refractivity contribution in [3.05, 3.63) is 23.9 Å². The van der Waals surface area contributed by atoms with E-state index in [1.807, 2.05) is 42.1 Å². The van der Waals surface area contributed by atoms with Crippen LogP contribution in [0.1, 0.15) is 31.1 Å². The third-order valence-electron chi connectivity index (χ3n) is 4.76. The molecule has 0 saturated carbocycles. The standard InChI is InChI=1S/C18H28N4O2/c1-20(2)17-8-6-7-15(19-17)16-13-21(11-12-24-16)14-18(23)22-9-4-3-5-10-22/h6-8,16H,3-5,9-14H2,1-2H3. The molecule has 2 saturated heterocycles. The Hall–Kier alpha value is -1.66. The molecule has 1 atom stereocenters. The topological polar surface area (TPSA) is 48.9 Å². The lowest BCUT2D eigenvalue weighted by atomic mass is 10.1. The number of likely N-dealkylation sites (tertiary alicyclic amines) is 1. The average Bonchev–Trinajstić information content (AvgIpc) is 2.63. The normalized spacial score (nSPS) is 22.4. The monoisotopic (exact) mass is 332 g/mol. The zero-order valence-electron chi connectivity index (χ0n) is 14.8. The van der Waals surface area contributed by atoms with Crippen molar-refractivity contribution in [2.75, 3.05) is 58.3 Å². The molecule has 3 heterocycles. The number of hydrogen-bond acceptors (Lipinski definition) is 5. The van der Waals surface area contributed by atoms with Gasteiger partial charge in [0.25, 0.3) is 0 Å². The highest BCUT2D eigenvalue weighted by Crippen LogP contribution is 2.22. The molecule has 2 fully saturated rings. The molecule has 132 valence electrons. The van der Waals surface area contributed by atoms with Crippen molar-refractivity contribution in [3.8, 4) is 0 Å². The van der Waals surface area contributed by atoms with Gasteiger partial charge in [-0.15, -0.1) is 0 Å². The van der Waals surface area contributed by atoms with Crippen LogP contribution in [-0.2, 0) is 9.53 Å². The molecule has 0 aliphatic carbocycles. The Balaban J connectivity index is 1.59. The molecular formula is C18H28N4O2. The predicted molar refractivity (Wildman–Crippen MR) is 94.1 cm³/mol. The lowest BCUT2D eigenvalue weighted by Crippen LogP contribution is -2.46. The molecular weight excluding hydrogens is 304 g/mol. The first kappa shape index (κ1) is 17.2. The number of carbonyl (C=O) groups excluding carboxylic acids is 1. The van der Waals surface area contributed by atoms with Crippen LogP contribution in [-0.4, -0.2) is 74.1 Å². The van der Waals surface area contributed by atoms with Gasteiger partial charge in [-0.25, -0.2) is 4.98 Å². The summed E-state index contributed by atoms with van der Waals surface area (Å²) >= 11 is 0. The molecule has 0 radical (unpaired) electrons.